The first-order valence-electron chi connectivity index (χ1n) is 14.4. The predicted molar refractivity (Wildman–Crippen MR) is 179 cm³/mol. The third kappa shape index (κ3) is 6.91. The molecule has 0 saturated heterocycles. The number of fused-ring (bicyclic) bond motifs is 1. The third-order valence-corrected chi connectivity index (χ3v) is 9.00. The van der Waals surface area contributed by atoms with E-state index >= 15 is 0 Å². The molecular formula is C34H31ClN2O7S2. The Morgan fingerprint density at radius 3 is 2.41 bits per heavy atom. The average molecular weight is 679 g/mol. The molecule has 0 N–H and O–H groups in total. The Morgan fingerprint density at radius 1 is 1.04 bits per heavy atom. The zero-order chi connectivity index (χ0) is 32.8. The lowest BCUT2D eigenvalue weighted by molar-refractivity contribution is -0.145. The van der Waals surface area contributed by atoms with Crippen molar-refractivity contribution in [1.82, 2.24) is 4.57 Å². The molecule has 1 atom stereocenters. The van der Waals surface area contributed by atoms with Crippen molar-refractivity contribution in [3.63, 3.8) is 0 Å². The van der Waals surface area contributed by atoms with E-state index in [2.05, 4.69) is 0 Å². The van der Waals surface area contributed by atoms with Gasteiger partial charge in [-0.3, -0.25) is 9.36 Å². The van der Waals surface area contributed by atoms with E-state index in [-0.39, 0.29) is 47.5 Å². The molecule has 0 aliphatic carbocycles. The molecular weight excluding hydrogens is 648 g/mol. The molecule has 12 heteroatoms. The molecule has 3 aromatic carbocycles. The predicted octanol–water partition coefficient (Wildman–Crippen LogP) is 5.26. The van der Waals surface area contributed by atoms with E-state index in [1.54, 1.807) is 48.4 Å². The van der Waals surface area contributed by atoms with Crippen LogP contribution in [-0.2, 0) is 19.1 Å². The smallest absolute Gasteiger partial charge is 0.344 e. The monoisotopic (exact) mass is 678 g/mol. The summed E-state index contributed by atoms with van der Waals surface area (Å²) in [5, 5.41) is 0.186. The fourth-order valence-electron chi connectivity index (χ4n) is 4.99. The maximum atomic E-state index is 14.2. The second-order valence-electron chi connectivity index (χ2n) is 9.83. The fraction of sp³-hybridized carbons (Fsp3) is 0.235. The van der Waals surface area contributed by atoms with Gasteiger partial charge in [-0.25, -0.2) is 14.6 Å². The summed E-state index contributed by atoms with van der Waals surface area (Å²) in [6, 6.07) is 19.6. The van der Waals surface area contributed by atoms with Gasteiger partial charge >= 0.3 is 11.9 Å². The highest BCUT2D eigenvalue weighted by atomic mass is 35.5. The number of esters is 2. The van der Waals surface area contributed by atoms with Gasteiger partial charge in [-0.1, -0.05) is 65.4 Å². The summed E-state index contributed by atoms with van der Waals surface area (Å²) < 4.78 is 23.4. The van der Waals surface area contributed by atoms with E-state index in [0.29, 0.717) is 20.6 Å². The van der Waals surface area contributed by atoms with Crippen molar-refractivity contribution in [3.8, 4) is 11.5 Å². The highest BCUT2D eigenvalue weighted by molar-refractivity contribution is 7.98. The summed E-state index contributed by atoms with van der Waals surface area (Å²) in [4.78, 5) is 46.0. The van der Waals surface area contributed by atoms with Crippen LogP contribution in [0.25, 0.3) is 11.8 Å². The lowest BCUT2D eigenvalue weighted by Crippen LogP contribution is -2.40. The van der Waals surface area contributed by atoms with Gasteiger partial charge in [-0.2, -0.15) is 0 Å². The first kappa shape index (κ1) is 33.1. The van der Waals surface area contributed by atoms with Crippen LogP contribution in [0.2, 0.25) is 5.02 Å². The van der Waals surface area contributed by atoms with Crippen molar-refractivity contribution in [3.05, 3.63) is 114 Å². The van der Waals surface area contributed by atoms with Crippen LogP contribution in [-0.4, -0.2) is 49.7 Å². The number of ether oxygens (including phenoxy) is 4. The number of thiazole rings is 1. The zero-order valence-corrected chi connectivity index (χ0v) is 28.0. The lowest BCUT2D eigenvalue weighted by Gasteiger charge is -2.26. The number of benzene rings is 3. The molecule has 0 amide bonds. The minimum absolute atomic E-state index is 0.162. The average Bonchev–Trinajstić information content (AvgIpc) is 3.37. The van der Waals surface area contributed by atoms with Gasteiger partial charge in [-0.15, -0.1) is 11.8 Å². The summed E-state index contributed by atoms with van der Waals surface area (Å²) in [6.07, 6.45) is 3.66. The molecule has 1 aromatic heterocycles. The highest BCUT2D eigenvalue weighted by Crippen LogP contribution is 2.37. The zero-order valence-electron chi connectivity index (χ0n) is 25.6. The SMILES string of the molecule is CCOC(=O)COc1c(Cl)cc(/C=c2\sc3n(c2=O)[C@H](c2ccc(SC)cc2)C(C(=O)OCC)=C(c2ccccc2)N=3)cc1OC. The molecule has 0 bridgehead atoms. The first-order valence-corrected chi connectivity index (χ1v) is 16.8. The van der Waals surface area contributed by atoms with E-state index in [4.69, 9.17) is 35.5 Å². The van der Waals surface area contributed by atoms with Crippen LogP contribution in [0.3, 0.4) is 0 Å². The van der Waals surface area contributed by atoms with Crippen LogP contribution in [0.15, 0.2) is 87.0 Å². The van der Waals surface area contributed by atoms with E-state index in [1.807, 2.05) is 60.9 Å². The number of carbonyl (C=O) groups is 2. The minimum atomic E-state index is -0.791. The molecule has 238 valence electrons. The van der Waals surface area contributed by atoms with Gasteiger partial charge in [0.15, 0.2) is 22.9 Å². The van der Waals surface area contributed by atoms with E-state index in [0.717, 1.165) is 16.0 Å². The molecule has 46 heavy (non-hydrogen) atoms. The number of halogens is 1. The third-order valence-electron chi connectivity index (χ3n) is 6.99. The Balaban J connectivity index is 1.69. The number of thioether (sulfide) groups is 1. The van der Waals surface area contributed by atoms with Crippen LogP contribution in [0, 0.1) is 0 Å². The Hall–Kier alpha value is -4.32. The first-order chi connectivity index (χ1) is 22.3. The van der Waals surface area contributed by atoms with Gasteiger partial charge in [0.05, 0.1) is 47.2 Å². The van der Waals surface area contributed by atoms with Crippen LogP contribution < -0.4 is 24.4 Å². The van der Waals surface area contributed by atoms with E-state index in [9.17, 15) is 14.4 Å². The number of nitrogens with zero attached hydrogens (tertiary/aromatic N) is 2. The molecule has 1 aliphatic heterocycles. The number of hydrogen-bond acceptors (Lipinski definition) is 10. The van der Waals surface area contributed by atoms with Crippen LogP contribution in [0.5, 0.6) is 11.5 Å². The van der Waals surface area contributed by atoms with Gasteiger partial charge in [0.1, 0.15) is 0 Å². The lowest BCUT2D eigenvalue weighted by atomic mass is 9.93. The Morgan fingerprint density at radius 2 is 1.76 bits per heavy atom. The molecule has 5 rings (SSSR count). The second kappa shape index (κ2) is 14.8. The highest BCUT2D eigenvalue weighted by Gasteiger charge is 2.35. The van der Waals surface area contributed by atoms with Crippen molar-refractivity contribution in [2.75, 3.05) is 33.2 Å². The maximum absolute atomic E-state index is 14.2. The number of rotatable bonds is 11. The summed E-state index contributed by atoms with van der Waals surface area (Å²) in [5.41, 5.74) is 2.41. The summed E-state index contributed by atoms with van der Waals surface area (Å²) in [7, 11) is 1.45. The quantitative estimate of drug-likeness (QED) is 0.156. The fourth-order valence-corrected chi connectivity index (χ4v) is 6.67. The maximum Gasteiger partial charge on any atom is 0.344 e. The minimum Gasteiger partial charge on any atom is -0.493 e. The van der Waals surface area contributed by atoms with E-state index in [1.165, 1.54) is 18.4 Å². The van der Waals surface area contributed by atoms with Crippen LogP contribution >= 0.6 is 34.7 Å². The number of aromatic nitrogens is 1. The van der Waals surface area contributed by atoms with Crippen molar-refractivity contribution in [1.29, 1.82) is 0 Å². The molecule has 9 nitrogen and oxygen atoms in total. The number of hydrogen-bond donors (Lipinski definition) is 0. The van der Waals surface area contributed by atoms with Gasteiger partial charge < -0.3 is 18.9 Å². The molecule has 0 unspecified atom stereocenters. The van der Waals surface area contributed by atoms with Gasteiger partial charge in [0, 0.05) is 10.5 Å². The molecule has 0 fully saturated rings. The molecule has 1 aliphatic rings. The molecule has 4 aromatic rings. The van der Waals surface area contributed by atoms with Crippen molar-refractivity contribution in [2.24, 2.45) is 4.99 Å². The Labute approximate surface area is 278 Å². The van der Waals surface area contributed by atoms with E-state index < -0.39 is 18.0 Å². The largest absolute Gasteiger partial charge is 0.493 e. The van der Waals surface area contributed by atoms with Crippen molar-refractivity contribution >= 4 is 58.4 Å². The summed E-state index contributed by atoms with van der Waals surface area (Å²) in [6.45, 7) is 3.49. The van der Waals surface area contributed by atoms with Crippen LogP contribution in [0.4, 0.5) is 0 Å². The molecule has 2 heterocycles. The Bertz CT molecular complexity index is 1970. The standard InChI is InChI=1S/C34H31ClN2O7S2/c1-5-42-27(38)19-44-31-24(35)16-20(17-25(31)41-3)18-26-32(39)37-30(22-12-14-23(45-4)15-13-22)28(33(40)43-6-2)29(36-34(37)46-26)21-10-8-7-9-11-21/h7-18,30H,5-6,19H2,1-4H3/b26-18-/t30-/m1/s1. The van der Waals surface area contributed by atoms with Crippen molar-refractivity contribution in [2.45, 2.75) is 24.8 Å². The van der Waals surface area contributed by atoms with Crippen molar-refractivity contribution < 1.29 is 28.5 Å². The van der Waals surface area contributed by atoms with Gasteiger partial charge in [0.25, 0.3) is 5.56 Å². The second-order valence-corrected chi connectivity index (χ2v) is 12.1. The molecule has 0 radical (unpaired) electrons. The summed E-state index contributed by atoms with van der Waals surface area (Å²) >= 11 is 9.33. The number of carbonyl (C=O) groups excluding carboxylic acids is 2. The summed E-state index contributed by atoms with van der Waals surface area (Å²) in [5.74, 6) is -0.636. The normalized spacial score (nSPS) is 14.4. The number of methoxy groups -OCH3 is 1. The van der Waals surface area contributed by atoms with Gasteiger partial charge in [-0.05, 0) is 61.6 Å². The van der Waals surface area contributed by atoms with Gasteiger partial charge in [0.2, 0.25) is 0 Å². The topological polar surface area (TPSA) is 105 Å². The molecule has 0 spiro atoms. The molecule has 0 saturated carbocycles. The van der Waals surface area contributed by atoms with Crippen LogP contribution in [0.1, 0.15) is 36.6 Å². The Kier molecular flexibility index (Phi) is 10.7.